The second-order valence-corrected chi connectivity index (χ2v) is 6.40. The summed E-state index contributed by atoms with van der Waals surface area (Å²) in [4.78, 5) is 16.6. The molecule has 1 aromatic carbocycles. The molecule has 2 heterocycles. The van der Waals surface area contributed by atoms with Crippen LogP contribution in [0, 0.1) is 0 Å². The first-order valence-corrected chi connectivity index (χ1v) is 8.16. The summed E-state index contributed by atoms with van der Waals surface area (Å²) in [5.74, 6) is -0.478. The van der Waals surface area contributed by atoms with Crippen molar-refractivity contribution in [2.45, 2.75) is 25.5 Å². The van der Waals surface area contributed by atoms with E-state index in [2.05, 4.69) is 10.3 Å². The summed E-state index contributed by atoms with van der Waals surface area (Å²) in [5, 5.41) is 13.1. The highest BCUT2D eigenvalue weighted by Gasteiger charge is 2.27. The molecule has 0 saturated heterocycles. The molecule has 0 spiro atoms. The third-order valence-corrected chi connectivity index (χ3v) is 4.75. The molecule has 1 unspecified atom stereocenters. The number of carboxylic acid groups (broad SMARTS) is 1. The SMILES string of the molecule is C[C@H](Oc1ccc(Cl)cc1C1NCCc2ncsc21)C(=O)O. The maximum absolute atomic E-state index is 11.0. The molecule has 0 radical (unpaired) electrons. The Hall–Kier alpha value is -1.63. The van der Waals surface area contributed by atoms with Crippen LogP contribution in [0.1, 0.15) is 29.1 Å². The first-order valence-electron chi connectivity index (χ1n) is 6.91. The molecule has 3 rings (SSSR count). The Balaban J connectivity index is 2.00. The molecular weight excluding hydrogens is 324 g/mol. The van der Waals surface area contributed by atoms with Gasteiger partial charge in [-0.1, -0.05) is 11.6 Å². The Morgan fingerprint density at radius 1 is 1.59 bits per heavy atom. The number of benzene rings is 1. The van der Waals surface area contributed by atoms with Gasteiger partial charge in [-0.3, -0.25) is 0 Å². The molecule has 116 valence electrons. The minimum atomic E-state index is -1.00. The number of hydrogen-bond donors (Lipinski definition) is 2. The second-order valence-electron chi connectivity index (χ2n) is 5.08. The Labute approximate surface area is 136 Å². The van der Waals surface area contributed by atoms with E-state index in [4.69, 9.17) is 21.4 Å². The lowest BCUT2D eigenvalue weighted by atomic mass is 9.99. The normalized spacial score (nSPS) is 18.5. The zero-order valence-electron chi connectivity index (χ0n) is 11.9. The van der Waals surface area contributed by atoms with Crippen molar-refractivity contribution in [1.82, 2.24) is 10.3 Å². The molecule has 2 atom stereocenters. The van der Waals surface area contributed by atoms with Gasteiger partial charge in [-0.15, -0.1) is 11.3 Å². The highest BCUT2D eigenvalue weighted by Crippen LogP contribution is 2.37. The summed E-state index contributed by atoms with van der Waals surface area (Å²) in [7, 11) is 0. The summed E-state index contributed by atoms with van der Waals surface area (Å²) in [5.41, 5.74) is 3.74. The van der Waals surface area contributed by atoms with E-state index >= 15 is 0 Å². The highest BCUT2D eigenvalue weighted by molar-refractivity contribution is 7.09. The summed E-state index contributed by atoms with van der Waals surface area (Å²) >= 11 is 7.70. The lowest BCUT2D eigenvalue weighted by Gasteiger charge is -2.26. The van der Waals surface area contributed by atoms with Crippen LogP contribution >= 0.6 is 22.9 Å². The Morgan fingerprint density at radius 3 is 3.18 bits per heavy atom. The number of rotatable bonds is 4. The topological polar surface area (TPSA) is 71.5 Å². The number of aliphatic carboxylic acids is 1. The Kier molecular flexibility index (Phi) is 4.33. The Morgan fingerprint density at radius 2 is 2.41 bits per heavy atom. The molecule has 1 aliphatic heterocycles. The largest absolute Gasteiger partial charge is 0.479 e. The first-order chi connectivity index (χ1) is 10.6. The van der Waals surface area contributed by atoms with Gasteiger partial charge in [-0.25, -0.2) is 9.78 Å². The molecule has 22 heavy (non-hydrogen) atoms. The van der Waals surface area contributed by atoms with E-state index in [0.717, 1.165) is 29.1 Å². The van der Waals surface area contributed by atoms with Gasteiger partial charge in [0.1, 0.15) is 5.75 Å². The third-order valence-electron chi connectivity index (χ3n) is 3.58. The predicted octanol–water partition coefficient (Wildman–Crippen LogP) is 2.88. The zero-order chi connectivity index (χ0) is 15.7. The fraction of sp³-hybridized carbons (Fsp3) is 0.333. The van der Waals surface area contributed by atoms with Gasteiger partial charge >= 0.3 is 5.97 Å². The van der Waals surface area contributed by atoms with Crippen molar-refractivity contribution in [3.05, 3.63) is 44.9 Å². The van der Waals surface area contributed by atoms with Crippen LogP contribution in [-0.4, -0.2) is 28.7 Å². The summed E-state index contributed by atoms with van der Waals surface area (Å²) in [6.07, 6.45) is -0.0399. The number of fused-ring (bicyclic) bond motifs is 1. The average Bonchev–Trinajstić information content (AvgIpc) is 2.97. The molecular formula is C15H15ClN2O3S. The van der Waals surface area contributed by atoms with Crippen molar-refractivity contribution in [1.29, 1.82) is 0 Å². The molecule has 0 fully saturated rings. The van der Waals surface area contributed by atoms with E-state index in [0.29, 0.717) is 10.8 Å². The highest BCUT2D eigenvalue weighted by atomic mass is 35.5. The first kappa shape index (κ1) is 15.3. The van der Waals surface area contributed by atoms with Crippen molar-refractivity contribution in [2.75, 3.05) is 6.54 Å². The van der Waals surface area contributed by atoms with E-state index < -0.39 is 12.1 Å². The monoisotopic (exact) mass is 338 g/mol. The van der Waals surface area contributed by atoms with Gasteiger partial charge in [-0.05, 0) is 25.1 Å². The number of hydrogen-bond acceptors (Lipinski definition) is 5. The van der Waals surface area contributed by atoms with Crippen LogP contribution in [0.5, 0.6) is 5.75 Å². The van der Waals surface area contributed by atoms with Crippen molar-refractivity contribution in [3.8, 4) is 5.75 Å². The summed E-state index contributed by atoms with van der Waals surface area (Å²) in [6, 6.07) is 5.16. The summed E-state index contributed by atoms with van der Waals surface area (Å²) < 4.78 is 5.59. The smallest absolute Gasteiger partial charge is 0.344 e. The van der Waals surface area contributed by atoms with E-state index in [1.54, 1.807) is 23.5 Å². The molecule has 1 aromatic heterocycles. The average molecular weight is 339 g/mol. The fourth-order valence-electron chi connectivity index (χ4n) is 2.47. The number of ether oxygens (including phenoxy) is 1. The lowest BCUT2D eigenvalue weighted by Crippen LogP contribution is -2.31. The van der Waals surface area contributed by atoms with Crippen LogP contribution in [0.3, 0.4) is 0 Å². The van der Waals surface area contributed by atoms with Crippen LogP contribution in [0.25, 0.3) is 0 Å². The number of thiazole rings is 1. The van der Waals surface area contributed by atoms with Crippen LogP contribution < -0.4 is 10.1 Å². The number of nitrogens with one attached hydrogen (secondary N) is 1. The second kappa shape index (κ2) is 6.24. The number of aromatic nitrogens is 1. The van der Waals surface area contributed by atoms with Crippen LogP contribution in [0.4, 0.5) is 0 Å². The van der Waals surface area contributed by atoms with Gasteiger partial charge < -0.3 is 15.2 Å². The van der Waals surface area contributed by atoms with Gasteiger partial charge in [0, 0.05) is 28.4 Å². The number of halogens is 1. The molecule has 0 aliphatic carbocycles. The van der Waals surface area contributed by atoms with Crippen LogP contribution in [-0.2, 0) is 11.2 Å². The molecule has 1 aliphatic rings. The minimum absolute atomic E-state index is 0.0778. The fourth-order valence-corrected chi connectivity index (χ4v) is 3.58. The molecule has 7 heteroatoms. The molecule has 2 N–H and O–H groups in total. The number of nitrogens with zero attached hydrogens (tertiary/aromatic N) is 1. The van der Waals surface area contributed by atoms with Crippen molar-refractivity contribution in [2.24, 2.45) is 0 Å². The molecule has 0 bridgehead atoms. The van der Waals surface area contributed by atoms with Gasteiger partial charge in [0.15, 0.2) is 6.10 Å². The van der Waals surface area contributed by atoms with Gasteiger partial charge in [-0.2, -0.15) is 0 Å². The molecule has 0 amide bonds. The number of carbonyl (C=O) groups is 1. The van der Waals surface area contributed by atoms with Crippen LogP contribution in [0.2, 0.25) is 5.02 Å². The van der Waals surface area contributed by atoms with E-state index in [9.17, 15) is 4.79 Å². The van der Waals surface area contributed by atoms with Gasteiger partial charge in [0.2, 0.25) is 0 Å². The van der Waals surface area contributed by atoms with Crippen molar-refractivity contribution < 1.29 is 14.6 Å². The van der Waals surface area contributed by atoms with Gasteiger partial charge in [0.25, 0.3) is 0 Å². The predicted molar refractivity (Wildman–Crippen MR) is 84.8 cm³/mol. The number of carboxylic acids is 1. The quantitative estimate of drug-likeness (QED) is 0.897. The maximum Gasteiger partial charge on any atom is 0.344 e. The maximum atomic E-state index is 11.0. The van der Waals surface area contributed by atoms with E-state index in [1.807, 2.05) is 11.6 Å². The summed E-state index contributed by atoms with van der Waals surface area (Å²) in [6.45, 7) is 2.31. The van der Waals surface area contributed by atoms with Crippen LogP contribution in [0.15, 0.2) is 23.7 Å². The van der Waals surface area contributed by atoms with E-state index in [-0.39, 0.29) is 6.04 Å². The van der Waals surface area contributed by atoms with E-state index in [1.165, 1.54) is 6.92 Å². The van der Waals surface area contributed by atoms with Gasteiger partial charge in [0.05, 0.1) is 17.2 Å². The van der Waals surface area contributed by atoms with Crippen molar-refractivity contribution in [3.63, 3.8) is 0 Å². The standard InChI is InChI=1S/C15H15ClN2O3S/c1-8(15(19)20)21-12-3-2-9(16)6-10(12)13-14-11(4-5-17-13)18-7-22-14/h2-3,6-8,13,17H,4-5H2,1H3,(H,19,20)/t8-,13?/m0/s1. The molecule has 5 nitrogen and oxygen atoms in total. The zero-order valence-corrected chi connectivity index (χ0v) is 13.4. The Bertz CT molecular complexity index is 704. The third kappa shape index (κ3) is 2.95. The molecule has 2 aromatic rings. The lowest BCUT2D eigenvalue weighted by molar-refractivity contribution is -0.144. The minimum Gasteiger partial charge on any atom is -0.479 e. The van der Waals surface area contributed by atoms with Crippen molar-refractivity contribution >= 4 is 28.9 Å². The molecule has 0 saturated carbocycles.